The van der Waals surface area contributed by atoms with Gasteiger partial charge in [0.05, 0.1) is 11.5 Å². The molecule has 5 nitrogen and oxygen atoms in total. The summed E-state index contributed by atoms with van der Waals surface area (Å²) in [5, 5.41) is 0. The van der Waals surface area contributed by atoms with E-state index in [2.05, 4.69) is 12.2 Å². The number of carbonyl (C=O) groups excluding carboxylic acids is 1. The largest absolute Gasteiger partial charge is 0.466 e. The molecule has 1 heterocycles. The number of esters is 1. The quantitative estimate of drug-likeness (QED) is 0.351. The topological polar surface area (TPSA) is 63.7 Å². The fourth-order valence-electron chi connectivity index (χ4n) is 4.50. The lowest BCUT2D eigenvalue weighted by Gasteiger charge is -2.33. The molecule has 3 rings (SSSR count). The Morgan fingerprint density at radius 3 is 2.68 bits per heavy atom. The third-order valence-corrected chi connectivity index (χ3v) is 7.87. The summed E-state index contributed by atoms with van der Waals surface area (Å²) in [6.07, 6.45) is 9.97. The number of sulfonamides is 1. The Morgan fingerprint density at radius 2 is 1.96 bits per heavy atom. The predicted octanol–water partition coefficient (Wildman–Crippen LogP) is 4.22. The Labute approximate surface area is 168 Å². The number of unbranched alkanes of at least 4 members (excludes halogenated alkanes) is 1. The van der Waals surface area contributed by atoms with Gasteiger partial charge >= 0.3 is 5.97 Å². The van der Waals surface area contributed by atoms with E-state index in [9.17, 15) is 13.2 Å². The Balaban J connectivity index is 1.61. The van der Waals surface area contributed by atoms with Gasteiger partial charge in [-0.1, -0.05) is 29.8 Å². The smallest absolute Gasteiger partial charge is 0.305 e. The minimum Gasteiger partial charge on any atom is -0.466 e. The fraction of sp³-hybridized carbons (Fsp3) is 0.591. The minimum atomic E-state index is -3.46. The second-order valence-electron chi connectivity index (χ2n) is 7.85. The van der Waals surface area contributed by atoms with Crippen LogP contribution in [0.5, 0.6) is 0 Å². The van der Waals surface area contributed by atoms with Gasteiger partial charge in [0, 0.05) is 18.5 Å². The summed E-state index contributed by atoms with van der Waals surface area (Å²) in [4.78, 5) is 11.8. The van der Waals surface area contributed by atoms with Crippen LogP contribution >= 0.6 is 0 Å². The standard InChI is InChI=1S/C22H31NO4S/c1-3-27-22(24)9-7-5-4-6-8-21-18-12-13-19(16-18)23(21)28(25,26)20-14-10-17(2)11-15-20/h4,6,10-11,14-15,18-19,21H,3,5,7-9,12-13,16H2,1-2H3/b6-4-/t18-,19+,21+/m1/s1. The van der Waals surface area contributed by atoms with E-state index in [4.69, 9.17) is 4.74 Å². The molecule has 1 saturated heterocycles. The molecule has 0 aromatic heterocycles. The number of carbonyl (C=O) groups is 1. The molecule has 0 N–H and O–H groups in total. The van der Waals surface area contributed by atoms with Gasteiger partial charge in [-0.05, 0) is 70.4 Å². The monoisotopic (exact) mass is 405 g/mol. The average molecular weight is 406 g/mol. The lowest BCUT2D eigenvalue weighted by atomic mass is 9.97. The SMILES string of the molecule is CCOC(=O)CCC/C=C\C[C@H]1[C@@H]2CC[C@@H](C2)N1S(=O)(=O)c1ccc(C)cc1. The van der Waals surface area contributed by atoms with Gasteiger partial charge in [-0.25, -0.2) is 8.42 Å². The third-order valence-electron chi connectivity index (χ3n) is 5.87. The molecule has 1 aromatic rings. The summed E-state index contributed by atoms with van der Waals surface area (Å²) in [5.74, 6) is 0.300. The number of benzene rings is 1. The van der Waals surface area contributed by atoms with Crippen LogP contribution < -0.4 is 0 Å². The lowest BCUT2D eigenvalue weighted by molar-refractivity contribution is -0.143. The Morgan fingerprint density at radius 1 is 1.21 bits per heavy atom. The molecule has 0 amide bonds. The molecule has 3 atom stereocenters. The number of ether oxygens (including phenoxy) is 1. The van der Waals surface area contributed by atoms with Crippen LogP contribution in [0.1, 0.15) is 57.4 Å². The number of hydrogen-bond donors (Lipinski definition) is 0. The number of allylic oxidation sites excluding steroid dienone is 1. The molecule has 2 aliphatic rings. The van der Waals surface area contributed by atoms with Crippen LogP contribution in [0.2, 0.25) is 0 Å². The first-order chi connectivity index (χ1) is 13.4. The van der Waals surface area contributed by atoms with Crippen molar-refractivity contribution in [2.45, 2.75) is 75.8 Å². The summed E-state index contributed by atoms with van der Waals surface area (Å²) in [7, 11) is -3.46. The zero-order chi connectivity index (χ0) is 20.1. The van der Waals surface area contributed by atoms with Crippen LogP contribution in [-0.4, -0.2) is 37.4 Å². The van der Waals surface area contributed by atoms with E-state index in [-0.39, 0.29) is 18.1 Å². The van der Waals surface area contributed by atoms with Crippen LogP contribution in [0.15, 0.2) is 41.3 Å². The minimum absolute atomic E-state index is 0.0476. The maximum absolute atomic E-state index is 13.3. The summed E-state index contributed by atoms with van der Waals surface area (Å²) < 4.78 is 33.3. The third kappa shape index (κ3) is 4.66. The van der Waals surface area contributed by atoms with Crippen molar-refractivity contribution in [3.05, 3.63) is 42.0 Å². The first-order valence-corrected chi connectivity index (χ1v) is 11.8. The number of rotatable bonds is 9. The van der Waals surface area contributed by atoms with E-state index in [1.54, 1.807) is 16.4 Å². The van der Waals surface area contributed by atoms with Crippen molar-refractivity contribution >= 4 is 16.0 Å². The highest BCUT2D eigenvalue weighted by Gasteiger charge is 2.50. The molecule has 0 unspecified atom stereocenters. The van der Waals surface area contributed by atoms with Gasteiger partial charge in [-0.3, -0.25) is 4.79 Å². The maximum Gasteiger partial charge on any atom is 0.305 e. The van der Waals surface area contributed by atoms with Crippen molar-refractivity contribution in [2.75, 3.05) is 6.61 Å². The van der Waals surface area contributed by atoms with Crippen molar-refractivity contribution in [1.29, 1.82) is 0 Å². The molecular weight excluding hydrogens is 374 g/mol. The molecule has 1 saturated carbocycles. The summed E-state index contributed by atoms with van der Waals surface area (Å²) >= 11 is 0. The molecule has 1 aliphatic carbocycles. The normalized spacial score (nSPS) is 24.9. The number of aryl methyl sites for hydroxylation is 1. The second kappa shape index (κ2) is 9.23. The van der Waals surface area contributed by atoms with E-state index in [0.717, 1.165) is 44.1 Å². The number of piperidine rings is 1. The Kier molecular flexibility index (Phi) is 6.94. The van der Waals surface area contributed by atoms with Crippen LogP contribution in [0.4, 0.5) is 0 Å². The van der Waals surface area contributed by atoms with Crippen molar-refractivity contribution in [1.82, 2.24) is 4.31 Å². The molecule has 28 heavy (non-hydrogen) atoms. The molecule has 2 bridgehead atoms. The molecule has 1 aromatic carbocycles. The van der Waals surface area contributed by atoms with E-state index >= 15 is 0 Å². The number of fused-ring (bicyclic) bond motifs is 2. The van der Waals surface area contributed by atoms with E-state index in [0.29, 0.717) is 23.8 Å². The molecule has 0 radical (unpaired) electrons. The van der Waals surface area contributed by atoms with Crippen LogP contribution in [-0.2, 0) is 19.6 Å². The zero-order valence-corrected chi connectivity index (χ0v) is 17.7. The molecular formula is C22H31NO4S. The number of hydrogen-bond acceptors (Lipinski definition) is 4. The summed E-state index contributed by atoms with van der Waals surface area (Å²) in [6.45, 7) is 4.19. The van der Waals surface area contributed by atoms with Crippen molar-refractivity contribution < 1.29 is 17.9 Å². The Hall–Kier alpha value is -1.66. The molecule has 6 heteroatoms. The first kappa shape index (κ1) is 21.1. The summed E-state index contributed by atoms with van der Waals surface area (Å²) in [6, 6.07) is 7.35. The molecule has 154 valence electrons. The highest BCUT2D eigenvalue weighted by molar-refractivity contribution is 7.89. The lowest BCUT2D eigenvalue weighted by Crippen LogP contribution is -2.44. The van der Waals surface area contributed by atoms with Gasteiger partial charge in [-0.2, -0.15) is 4.31 Å². The second-order valence-corrected chi connectivity index (χ2v) is 9.69. The van der Waals surface area contributed by atoms with E-state index in [1.165, 1.54) is 0 Å². The molecule has 0 spiro atoms. The van der Waals surface area contributed by atoms with Gasteiger partial charge in [0.25, 0.3) is 0 Å². The van der Waals surface area contributed by atoms with Crippen LogP contribution in [0.3, 0.4) is 0 Å². The van der Waals surface area contributed by atoms with Crippen molar-refractivity contribution in [3.8, 4) is 0 Å². The van der Waals surface area contributed by atoms with E-state index in [1.807, 2.05) is 26.0 Å². The van der Waals surface area contributed by atoms with Gasteiger partial charge in [-0.15, -0.1) is 0 Å². The number of nitrogens with zero attached hydrogens (tertiary/aromatic N) is 1. The van der Waals surface area contributed by atoms with Gasteiger partial charge in [0.2, 0.25) is 10.0 Å². The Bertz CT molecular complexity index is 800. The first-order valence-electron chi connectivity index (χ1n) is 10.3. The molecule has 2 fully saturated rings. The van der Waals surface area contributed by atoms with Crippen molar-refractivity contribution in [2.24, 2.45) is 5.92 Å². The zero-order valence-electron chi connectivity index (χ0n) is 16.8. The highest BCUT2D eigenvalue weighted by Crippen LogP contribution is 2.46. The summed E-state index contributed by atoms with van der Waals surface area (Å²) in [5.41, 5.74) is 1.06. The average Bonchev–Trinajstić information content (AvgIpc) is 3.26. The van der Waals surface area contributed by atoms with Gasteiger partial charge in [0.1, 0.15) is 0 Å². The van der Waals surface area contributed by atoms with Gasteiger partial charge < -0.3 is 4.74 Å². The van der Waals surface area contributed by atoms with Crippen LogP contribution in [0.25, 0.3) is 0 Å². The van der Waals surface area contributed by atoms with Crippen molar-refractivity contribution in [3.63, 3.8) is 0 Å². The van der Waals surface area contributed by atoms with Crippen LogP contribution in [0, 0.1) is 12.8 Å². The molecule has 1 aliphatic heterocycles. The van der Waals surface area contributed by atoms with Gasteiger partial charge in [0.15, 0.2) is 0 Å². The predicted molar refractivity (Wildman–Crippen MR) is 109 cm³/mol. The fourth-order valence-corrected chi connectivity index (χ4v) is 6.43. The van der Waals surface area contributed by atoms with E-state index < -0.39 is 10.0 Å². The maximum atomic E-state index is 13.3. The highest BCUT2D eigenvalue weighted by atomic mass is 32.2.